The Morgan fingerprint density at radius 1 is 0.336 bits per heavy atom. The Hall–Kier alpha value is -12.9. The van der Waals surface area contributed by atoms with Crippen LogP contribution in [-0.2, 0) is 93.1 Å². The standard InChI is InChI=1S/C36H33N3O3S2.C35H31N3O3S2.C34H36N4O4S2/c1-4-33-37-34-25(3)19-24(2)20-32(34)39(33)23-27-15-17-28(18-16-27)31-22-30(21-26-11-7-5-8-12-26)43-36(31)44(41,42)38-35(40)29-13-9-6-10-14-29;1-3-32-36-33-24(2)11-10-16-31(33)38(32)23-26-17-19-27(20-18-26)30-22-29(21-25-12-6-4-7-13-25)42-35(30)43(40,41)37-34(39)28-14-8-5-9-15-28;1-4-31-35-32-24(3)18-23(2)19-30(32)38(31)21-25-10-12-26(13-11-25)29-20-28(22-37-14-16-42-17-15-37)43-34(29)44(40,41)36-33(39)27-8-6-5-7-9-27/h5-20,22H,4,21,23H2,1-3H3,(H,38,40);4-20,22H,3,21,23H2,1-2H3,(H,37,39);5-13,18-20H,4,14-17,21-22H2,1-3H3,(H,36,39). The first kappa shape index (κ1) is 91.4. The molecule has 1 saturated heterocycles. The molecule has 0 saturated carbocycles. The van der Waals surface area contributed by atoms with Crippen molar-refractivity contribution in [2.75, 3.05) is 26.3 Å². The van der Waals surface area contributed by atoms with Crippen molar-refractivity contribution in [3.8, 4) is 33.4 Å². The Balaban J connectivity index is 0.000000144. The highest BCUT2D eigenvalue weighted by Gasteiger charge is 2.31. The van der Waals surface area contributed by atoms with Crippen molar-refractivity contribution in [2.24, 2.45) is 0 Å². The summed E-state index contributed by atoms with van der Waals surface area (Å²) in [7, 11) is -12.4. The zero-order valence-corrected chi connectivity index (χ0v) is 78.9. The minimum Gasteiger partial charge on any atom is -0.379 e. The minimum absolute atomic E-state index is 0.125. The second-order valence-corrected chi connectivity index (χ2v) is 41.7. The minimum atomic E-state index is -4.14. The van der Waals surface area contributed by atoms with Gasteiger partial charge in [-0.2, -0.15) is 0 Å². The van der Waals surface area contributed by atoms with Crippen LogP contribution in [0.1, 0.15) is 140 Å². The summed E-state index contributed by atoms with van der Waals surface area (Å²) in [6.45, 7) is 22.3. The number of nitrogens with one attached hydrogen (secondary N) is 3. The lowest BCUT2D eigenvalue weighted by Gasteiger charge is -2.25. The molecular weight excluding hydrogens is 1750 g/mol. The number of para-hydroxylation sites is 1. The fraction of sp³-hybridized carbons (Fsp3) is 0.200. The number of hydrogen-bond acceptors (Lipinski definition) is 17. The number of amides is 3. The molecule has 20 nitrogen and oxygen atoms in total. The Bertz CT molecular complexity index is 7380. The monoisotopic (exact) mass is 1850 g/mol. The molecule has 1 aliphatic rings. The number of benzene rings is 11. The van der Waals surface area contributed by atoms with Gasteiger partial charge in [0.25, 0.3) is 47.8 Å². The van der Waals surface area contributed by atoms with Crippen LogP contribution in [0.5, 0.6) is 0 Å². The van der Waals surface area contributed by atoms with Gasteiger partial charge in [0, 0.05) is 119 Å². The number of thiophene rings is 3. The molecule has 0 atom stereocenters. The molecule has 6 aromatic heterocycles. The Labute approximate surface area is 776 Å². The summed E-state index contributed by atoms with van der Waals surface area (Å²) in [4.78, 5) is 58.3. The highest BCUT2D eigenvalue weighted by molar-refractivity contribution is 7.93. The molecule has 0 aliphatic carbocycles. The molecule has 0 spiro atoms. The Morgan fingerprint density at radius 2 is 0.649 bits per heavy atom. The summed E-state index contributed by atoms with van der Waals surface area (Å²) in [6.07, 6.45) is 3.64. The molecule has 0 radical (unpaired) electrons. The first-order valence-corrected chi connectivity index (χ1v) is 50.4. The number of hydrogen-bond donors (Lipinski definition) is 3. The topological polar surface area (TPSA) is 256 Å². The lowest BCUT2D eigenvalue weighted by molar-refractivity contribution is 0.0346. The van der Waals surface area contributed by atoms with Crippen LogP contribution >= 0.6 is 34.0 Å². The lowest BCUT2D eigenvalue weighted by Crippen LogP contribution is -2.35. The molecule has 7 heterocycles. The zero-order valence-electron chi connectivity index (χ0n) is 74.0. The maximum atomic E-state index is 13.7. The predicted molar refractivity (Wildman–Crippen MR) is 525 cm³/mol. The van der Waals surface area contributed by atoms with E-state index >= 15 is 0 Å². The summed E-state index contributed by atoms with van der Waals surface area (Å²) < 4.78 is 102. The molecule has 17 aromatic rings. The van der Waals surface area contributed by atoms with Crippen LogP contribution in [0.15, 0.2) is 298 Å². The number of ether oxygens (including phenoxy) is 1. The third-order valence-corrected chi connectivity index (χ3v) is 32.0. The van der Waals surface area contributed by atoms with E-state index in [4.69, 9.17) is 19.7 Å². The van der Waals surface area contributed by atoms with Gasteiger partial charge in [-0.25, -0.2) is 54.4 Å². The van der Waals surface area contributed by atoms with E-state index in [0.29, 0.717) is 68.9 Å². The van der Waals surface area contributed by atoms with Crippen LogP contribution in [0, 0.1) is 34.6 Å². The number of carbonyl (C=O) groups is 3. The van der Waals surface area contributed by atoms with Gasteiger partial charge in [0.2, 0.25) is 0 Å². The molecule has 3 amide bonds. The van der Waals surface area contributed by atoms with Crippen LogP contribution in [0.3, 0.4) is 0 Å². The lowest BCUT2D eigenvalue weighted by atomic mass is 10.0. The summed E-state index contributed by atoms with van der Waals surface area (Å²) in [5, 5.41) is 0. The van der Waals surface area contributed by atoms with Crippen molar-refractivity contribution in [1.29, 1.82) is 0 Å². The third kappa shape index (κ3) is 21.3. The number of fused-ring (bicyclic) bond motifs is 3. The third-order valence-electron chi connectivity index (χ3n) is 23.1. The normalized spacial score (nSPS) is 12.5. The van der Waals surface area contributed by atoms with Crippen molar-refractivity contribution in [1.82, 2.24) is 47.7 Å². The average Bonchev–Trinajstić information content (AvgIpc) is 1.66. The molecule has 18 rings (SSSR count). The molecule has 131 heavy (non-hydrogen) atoms. The van der Waals surface area contributed by atoms with Crippen molar-refractivity contribution in [3.63, 3.8) is 0 Å². The van der Waals surface area contributed by atoms with Gasteiger partial charge in [-0.15, -0.1) is 34.0 Å². The molecular formula is C105H100N10O10S6. The number of morpholine rings is 1. The fourth-order valence-corrected chi connectivity index (χ4v) is 24.8. The molecule has 26 heteroatoms. The summed E-state index contributed by atoms with van der Waals surface area (Å²) in [5.41, 5.74) is 22.7. The van der Waals surface area contributed by atoms with Crippen molar-refractivity contribution in [3.05, 3.63) is 390 Å². The molecule has 1 fully saturated rings. The Morgan fingerprint density at radius 3 is 0.992 bits per heavy atom. The molecule has 11 aromatic carbocycles. The van der Waals surface area contributed by atoms with E-state index < -0.39 is 47.8 Å². The second-order valence-electron chi connectivity index (χ2n) is 32.7. The van der Waals surface area contributed by atoms with Gasteiger partial charge in [0.1, 0.15) is 30.1 Å². The Kier molecular flexibility index (Phi) is 28.1. The van der Waals surface area contributed by atoms with E-state index in [1.165, 1.54) is 56.3 Å². The molecule has 666 valence electrons. The van der Waals surface area contributed by atoms with Gasteiger partial charge >= 0.3 is 0 Å². The fourth-order valence-electron chi connectivity index (χ4n) is 16.6. The predicted octanol–water partition coefficient (Wildman–Crippen LogP) is 21.0. The van der Waals surface area contributed by atoms with Crippen molar-refractivity contribution in [2.45, 2.75) is 126 Å². The number of aromatic nitrogens is 6. The molecule has 1 aliphatic heterocycles. The molecule has 0 unspecified atom stereocenters. The number of aryl methyl sites for hydroxylation is 8. The van der Waals surface area contributed by atoms with Crippen molar-refractivity contribution >= 4 is 115 Å². The van der Waals surface area contributed by atoms with Crippen molar-refractivity contribution < 1.29 is 44.4 Å². The number of imidazole rings is 3. The maximum absolute atomic E-state index is 13.7. The van der Waals surface area contributed by atoms with Crippen LogP contribution in [0.2, 0.25) is 0 Å². The summed E-state index contributed by atoms with van der Waals surface area (Å²) >= 11 is 3.60. The van der Waals surface area contributed by atoms with E-state index in [2.05, 4.69) is 131 Å². The maximum Gasteiger partial charge on any atom is 0.274 e. The second kappa shape index (κ2) is 40.2. The summed E-state index contributed by atoms with van der Waals surface area (Å²) in [5.74, 6) is 1.12. The SMILES string of the molecule is CCc1nc2c(C)cc(C)cc2n1Cc1ccc(-c2cc(CN3CCOCC3)sc2S(=O)(=O)NC(=O)c2ccccc2)cc1.CCc1nc2c(C)cc(C)cc2n1Cc1ccc(-c2cc(Cc3ccccc3)sc2S(=O)(=O)NC(=O)c2ccccc2)cc1.CCc1nc2c(C)cccc2n1Cc1ccc(-c2cc(Cc3ccccc3)sc2S(=O)(=O)NC(=O)c2ccccc2)cc1. The number of nitrogens with zero attached hydrogens (tertiary/aromatic N) is 7. The number of rotatable bonds is 27. The van der Waals surface area contributed by atoms with Crippen LogP contribution < -0.4 is 14.2 Å². The number of sulfonamides is 3. The van der Waals surface area contributed by atoms with Crippen LogP contribution in [0.25, 0.3) is 66.5 Å². The van der Waals surface area contributed by atoms with E-state index in [9.17, 15) is 39.6 Å². The van der Waals surface area contributed by atoms with Crippen LogP contribution in [0.4, 0.5) is 0 Å². The van der Waals surface area contributed by atoms with Gasteiger partial charge in [-0.05, 0) is 180 Å². The molecule has 0 bridgehead atoms. The summed E-state index contributed by atoms with van der Waals surface area (Å²) in [6, 6.07) is 89.7. The smallest absolute Gasteiger partial charge is 0.274 e. The largest absolute Gasteiger partial charge is 0.379 e. The average molecular weight is 1850 g/mol. The van der Waals surface area contributed by atoms with Gasteiger partial charge in [0.15, 0.2) is 0 Å². The van der Waals surface area contributed by atoms with Gasteiger partial charge in [-0.1, -0.05) is 233 Å². The highest BCUT2D eigenvalue weighted by Crippen LogP contribution is 2.41. The highest BCUT2D eigenvalue weighted by atomic mass is 32.3. The van der Waals surface area contributed by atoms with E-state index in [1.54, 1.807) is 91.0 Å². The first-order chi connectivity index (χ1) is 63.2. The quantitative estimate of drug-likeness (QED) is 0.0433. The van der Waals surface area contributed by atoms with Gasteiger partial charge < -0.3 is 18.4 Å². The van der Waals surface area contributed by atoms with E-state index in [1.807, 2.05) is 152 Å². The van der Waals surface area contributed by atoms with E-state index in [-0.39, 0.29) is 29.3 Å². The number of carbonyl (C=O) groups excluding carboxylic acids is 3. The zero-order chi connectivity index (χ0) is 91.7. The van der Waals surface area contributed by atoms with Gasteiger partial charge in [-0.3, -0.25) is 19.3 Å². The molecule has 3 N–H and O–H groups in total. The van der Waals surface area contributed by atoms with Crippen LogP contribution in [-0.4, -0.2) is 103 Å². The van der Waals surface area contributed by atoms with E-state index in [0.717, 1.165) is 148 Å². The first-order valence-electron chi connectivity index (χ1n) is 43.5. The van der Waals surface area contributed by atoms with Gasteiger partial charge in [0.05, 0.1) is 46.3 Å².